The fraction of sp³-hybridized carbons (Fsp3) is 0.692. The van der Waals surface area contributed by atoms with Crippen LogP contribution in [0.15, 0.2) is 18.2 Å². The van der Waals surface area contributed by atoms with Gasteiger partial charge in [-0.25, -0.2) is 4.39 Å². The summed E-state index contributed by atoms with van der Waals surface area (Å²) in [5.74, 6) is 10.0. The molecule has 0 amide bonds. The van der Waals surface area contributed by atoms with Crippen LogP contribution in [0, 0.1) is 41.3 Å². The summed E-state index contributed by atoms with van der Waals surface area (Å²) in [6, 6.07) is 5.52. The lowest BCUT2D eigenvalue weighted by Gasteiger charge is -2.37. The maximum absolute atomic E-state index is 14.1. The summed E-state index contributed by atoms with van der Waals surface area (Å²) >= 11 is 0. The van der Waals surface area contributed by atoms with Gasteiger partial charge in [-0.3, -0.25) is 0 Å². The molecule has 2 saturated carbocycles. The molecule has 0 N–H and O–H groups in total. The molecular formula is C26H37F. The van der Waals surface area contributed by atoms with Crippen LogP contribution in [0.4, 0.5) is 4.39 Å². The van der Waals surface area contributed by atoms with E-state index >= 15 is 0 Å². The number of hydrogen-bond donors (Lipinski definition) is 0. The first-order valence-corrected chi connectivity index (χ1v) is 11.5. The molecule has 2 fully saturated rings. The first kappa shape index (κ1) is 20.4. The van der Waals surface area contributed by atoms with Crippen LogP contribution in [-0.2, 0) is 6.42 Å². The Bertz CT molecular complexity index is 634. The molecule has 0 radical (unpaired) electrons. The van der Waals surface area contributed by atoms with Gasteiger partial charge in [-0.1, -0.05) is 63.9 Å². The van der Waals surface area contributed by atoms with Crippen molar-refractivity contribution in [3.05, 3.63) is 35.1 Å². The Labute approximate surface area is 166 Å². The summed E-state index contributed by atoms with van der Waals surface area (Å²) in [5.41, 5.74) is 1.65. The molecule has 2 aliphatic rings. The maximum atomic E-state index is 14.1. The highest BCUT2D eigenvalue weighted by Crippen LogP contribution is 2.42. The smallest absolute Gasteiger partial charge is 0.127 e. The zero-order chi connectivity index (χ0) is 19.1. The Morgan fingerprint density at radius 1 is 0.889 bits per heavy atom. The molecule has 0 aromatic heterocycles. The number of halogens is 1. The van der Waals surface area contributed by atoms with Crippen LogP contribution in [-0.4, -0.2) is 0 Å². The number of rotatable bonds is 5. The van der Waals surface area contributed by atoms with Crippen molar-refractivity contribution < 1.29 is 4.39 Å². The van der Waals surface area contributed by atoms with Gasteiger partial charge in [-0.2, -0.15) is 0 Å². The molecule has 1 aromatic rings. The molecule has 0 spiro atoms. The van der Waals surface area contributed by atoms with E-state index in [4.69, 9.17) is 0 Å². The minimum Gasteiger partial charge on any atom is -0.207 e. The van der Waals surface area contributed by atoms with Gasteiger partial charge >= 0.3 is 0 Å². The third kappa shape index (κ3) is 5.84. The molecular weight excluding hydrogens is 331 g/mol. The van der Waals surface area contributed by atoms with E-state index < -0.39 is 0 Å². The molecule has 0 heterocycles. The molecule has 0 unspecified atom stereocenters. The van der Waals surface area contributed by atoms with Crippen molar-refractivity contribution in [1.82, 2.24) is 0 Å². The largest absolute Gasteiger partial charge is 0.207 e. The summed E-state index contributed by atoms with van der Waals surface area (Å²) < 4.78 is 14.1. The number of hydrogen-bond acceptors (Lipinski definition) is 0. The van der Waals surface area contributed by atoms with E-state index in [1.165, 1.54) is 64.2 Å². The van der Waals surface area contributed by atoms with Crippen molar-refractivity contribution in [2.24, 2.45) is 23.7 Å². The van der Waals surface area contributed by atoms with Crippen molar-refractivity contribution >= 4 is 0 Å². The summed E-state index contributed by atoms with van der Waals surface area (Å²) in [6.45, 7) is 4.41. The second-order valence-electron chi connectivity index (χ2n) is 9.01. The van der Waals surface area contributed by atoms with Crippen LogP contribution in [0.2, 0.25) is 0 Å². The molecule has 0 saturated heterocycles. The Morgan fingerprint density at radius 2 is 1.56 bits per heavy atom. The minimum absolute atomic E-state index is 0.0916. The third-order valence-electron chi connectivity index (χ3n) is 7.02. The average Bonchev–Trinajstić information content (AvgIpc) is 2.70. The van der Waals surface area contributed by atoms with Crippen LogP contribution >= 0.6 is 0 Å². The highest BCUT2D eigenvalue weighted by Gasteiger charge is 2.30. The van der Waals surface area contributed by atoms with Gasteiger partial charge in [-0.05, 0) is 80.4 Å². The monoisotopic (exact) mass is 368 g/mol. The van der Waals surface area contributed by atoms with Crippen LogP contribution in [0.1, 0.15) is 95.6 Å². The fourth-order valence-electron chi connectivity index (χ4n) is 5.37. The van der Waals surface area contributed by atoms with E-state index in [9.17, 15) is 4.39 Å². The summed E-state index contributed by atoms with van der Waals surface area (Å²) in [7, 11) is 0. The van der Waals surface area contributed by atoms with Gasteiger partial charge in [0.05, 0.1) is 0 Å². The molecule has 0 aliphatic heterocycles. The molecule has 0 bridgehead atoms. The lowest BCUT2D eigenvalue weighted by molar-refractivity contribution is 0.154. The Balaban J connectivity index is 1.46. The predicted octanol–water partition coefficient (Wildman–Crippen LogP) is 7.54. The van der Waals surface area contributed by atoms with Crippen molar-refractivity contribution in [3.8, 4) is 11.8 Å². The van der Waals surface area contributed by atoms with Crippen LogP contribution in [0.25, 0.3) is 0 Å². The van der Waals surface area contributed by atoms with Crippen molar-refractivity contribution in [3.63, 3.8) is 0 Å². The van der Waals surface area contributed by atoms with Crippen LogP contribution in [0.3, 0.4) is 0 Å². The van der Waals surface area contributed by atoms with E-state index in [1.807, 2.05) is 12.1 Å². The molecule has 3 rings (SSSR count). The zero-order valence-corrected chi connectivity index (χ0v) is 17.4. The van der Waals surface area contributed by atoms with Crippen molar-refractivity contribution in [2.75, 3.05) is 0 Å². The van der Waals surface area contributed by atoms with E-state index in [0.29, 0.717) is 5.92 Å². The normalized spacial score (nSPS) is 28.4. The maximum Gasteiger partial charge on any atom is 0.127 e. The Hall–Kier alpha value is -1.29. The lowest BCUT2D eigenvalue weighted by atomic mass is 9.69. The number of benzene rings is 1. The quantitative estimate of drug-likeness (QED) is 0.471. The molecule has 1 heteroatoms. The molecule has 0 atom stereocenters. The Morgan fingerprint density at radius 3 is 2.15 bits per heavy atom. The lowest BCUT2D eigenvalue weighted by Crippen LogP contribution is -2.25. The fourth-order valence-corrected chi connectivity index (χ4v) is 5.37. The van der Waals surface area contributed by atoms with Crippen molar-refractivity contribution in [2.45, 2.75) is 90.9 Å². The summed E-state index contributed by atoms with van der Waals surface area (Å²) in [4.78, 5) is 0. The van der Waals surface area contributed by atoms with E-state index in [-0.39, 0.29) is 5.82 Å². The molecule has 2 aliphatic carbocycles. The SMILES string of the molecule is CCCc1ccc(C#CC2CCC(C3CCC(CCC)CC3)CC2)cc1F. The minimum atomic E-state index is -0.0916. The van der Waals surface area contributed by atoms with Gasteiger partial charge in [-0.15, -0.1) is 0 Å². The topological polar surface area (TPSA) is 0 Å². The van der Waals surface area contributed by atoms with E-state index in [2.05, 4.69) is 25.7 Å². The van der Waals surface area contributed by atoms with Crippen LogP contribution in [0.5, 0.6) is 0 Å². The standard InChI is InChI=1S/C26H37F/c1-3-5-20-9-14-23(15-10-20)24-16-11-21(12-17-24)7-8-22-13-18-25(6-4-2)26(27)19-22/h13,18-21,23-24H,3-6,9-12,14-17H2,1-2H3. The molecule has 27 heavy (non-hydrogen) atoms. The summed E-state index contributed by atoms with van der Waals surface area (Å²) in [6.07, 6.45) is 15.6. The molecule has 148 valence electrons. The Kier molecular flexibility index (Phi) is 7.81. The van der Waals surface area contributed by atoms with Gasteiger partial charge in [0.1, 0.15) is 5.82 Å². The van der Waals surface area contributed by atoms with Gasteiger partial charge in [0.15, 0.2) is 0 Å². The molecule has 0 nitrogen and oxygen atoms in total. The second kappa shape index (κ2) is 10.3. The highest BCUT2D eigenvalue weighted by molar-refractivity contribution is 5.37. The van der Waals surface area contributed by atoms with E-state index in [1.54, 1.807) is 6.07 Å². The number of aryl methyl sites for hydroxylation is 1. The summed E-state index contributed by atoms with van der Waals surface area (Å²) in [5, 5.41) is 0. The first-order valence-electron chi connectivity index (χ1n) is 11.5. The first-order chi connectivity index (χ1) is 13.2. The van der Waals surface area contributed by atoms with Crippen LogP contribution < -0.4 is 0 Å². The second-order valence-corrected chi connectivity index (χ2v) is 9.01. The van der Waals surface area contributed by atoms with Gasteiger partial charge < -0.3 is 0 Å². The highest BCUT2D eigenvalue weighted by atomic mass is 19.1. The molecule has 1 aromatic carbocycles. The van der Waals surface area contributed by atoms with E-state index in [0.717, 1.165) is 41.7 Å². The average molecular weight is 369 g/mol. The van der Waals surface area contributed by atoms with Gasteiger partial charge in [0, 0.05) is 11.5 Å². The van der Waals surface area contributed by atoms with Crippen molar-refractivity contribution in [1.29, 1.82) is 0 Å². The van der Waals surface area contributed by atoms with Gasteiger partial charge in [0.25, 0.3) is 0 Å². The predicted molar refractivity (Wildman–Crippen MR) is 113 cm³/mol. The zero-order valence-electron chi connectivity index (χ0n) is 17.4. The van der Waals surface area contributed by atoms with Gasteiger partial charge in [0.2, 0.25) is 0 Å². The third-order valence-corrected chi connectivity index (χ3v) is 7.02.